The smallest absolute Gasteiger partial charge is 0.143 e. The Bertz CT molecular complexity index is 3510. The summed E-state index contributed by atoms with van der Waals surface area (Å²) in [5.74, 6) is 0. The van der Waals surface area contributed by atoms with Crippen LogP contribution in [0.4, 0.5) is 17.1 Å². The summed E-state index contributed by atoms with van der Waals surface area (Å²) in [6, 6.07) is 87.0. The summed E-state index contributed by atoms with van der Waals surface area (Å²) in [7, 11) is 0. The van der Waals surface area contributed by atoms with E-state index in [1.807, 2.05) is 6.07 Å². The fourth-order valence-corrected chi connectivity index (χ4v) is 9.32. The molecule has 12 rings (SSSR count). The van der Waals surface area contributed by atoms with E-state index in [0.29, 0.717) is 0 Å². The van der Waals surface area contributed by atoms with E-state index >= 15 is 0 Å². The van der Waals surface area contributed by atoms with E-state index in [0.717, 1.165) is 61.4 Å². The van der Waals surface area contributed by atoms with Gasteiger partial charge in [0, 0.05) is 49.9 Å². The van der Waals surface area contributed by atoms with Gasteiger partial charge in [-0.3, -0.25) is 0 Å². The van der Waals surface area contributed by atoms with Gasteiger partial charge in [-0.05, 0) is 118 Å². The van der Waals surface area contributed by atoms with Gasteiger partial charge in [0.2, 0.25) is 0 Å². The molecule has 2 aromatic heterocycles. The number of rotatable bonds is 8. The van der Waals surface area contributed by atoms with E-state index in [9.17, 15) is 0 Å². The van der Waals surface area contributed by atoms with Crippen LogP contribution in [0.5, 0.6) is 0 Å². The van der Waals surface area contributed by atoms with Gasteiger partial charge in [0.05, 0.1) is 11.0 Å². The van der Waals surface area contributed by atoms with E-state index < -0.39 is 0 Å². The van der Waals surface area contributed by atoms with Crippen molar-refractivity contribution in [3.8, 4) is 50.2 Å². The monoisotopic (exact) mass is 804 g/mol. The second-order valence-electron chi connectivity index (χ2n) is 16.1. The van der Waals surface area contributed by atoms with Crippen molar-refractivity contribution >= 4 is 60.8 Å². The van der Waals surface area contributed by atoms with Crippen molar-refractivity contribution in [3.05, 3.63) is 243 Å². The third-order valence-electron chi connectivity index (χ3n) is 12.4. The Morgan fingerprint density at radius 1 is 0.302 bits per heavy atom. The SMILES string of the molecule is c1ccc(-c2ccc(-c3ccc(N(c4ccc(-c5cc(-c6ccccc6)cc6c5oc5ccccc56)cc4)c4ccc(-n5c6ccccc6c6ccccc65)cc4)cc3)cc2)cc1. The van der Waals surface area contributed by atoms with Crippen molar-refractivity contribution in [2.24, 2.45) is 0 Å². The summed E-state index contributed by atoms with van der Waals surface area (Å²) < 4.78 is 8.97. The number of hydrogen-bond donors (Lipinski definition) is 0. The predicted molar refractivity (Wildman–Crippen MR) is 264 cm³/mol. The average Bonchev–Trinajstić information content (AvgIpc) is 3.91. The molecule has 296 valence electrons. The van der Waals surface area contributed by atoms with E-state index in [2.05, 4.69) is 246 Å². The molecule has 0 aliphatic rings. The van der Waals surface area contributed by atoms with E-state index in [1.54, 1.807) is 0 Å². The van der Waals surface area contributed by atoms with Crippen molar-refractivity contribution in [3.63, 3.8) is 0 Å². The number of fused-ring (bicyclic) bond motifs is 6. The first-order chi connectivity index (χ1) is 31.2. The van der Waals surface area contributed by atoms with Crippen molar-refractivity contribution in [2.75, 3.05) is 4.90 Å². The number of benzene rings is 10. The highest BCUT2D eigenvalue weighted by molar-refractivity contribution is 6.12. The zero-order valence-corrected chi connectivity index (χ0v) is 34.4. The molecule has 12 aromatic rings. The minimum atomic E-state index is 0.890. The fraction of sp³-hybridized carbons (Fsp3) is 0. The molecule has 0 fully saturated rings. The van der Waals surface area contributed by atoms with Crippen molar-refractivity contribution in [2.45, 2.75) is 0 Å². The highest BCUT2D eigenvalue weighted by atomic mass is 16.3. The van der Waals surface area contributed by atoms with E-state index in [4.69, 9.17) is 4.42 Å². The van der Waals surface area contributed by atoms with Gasteiger partial charge in [-0.25, -0.2) is 0 Å². The molecule has 0 bridgehead atoms. The van der Waals surface area contributed by atoms with Crippen LogP contribution in [0.25, 0.3) is 93.9 Å². The zero-order valence-electron chi connectivity index (χ0n) is 34.4. The summed E-state index contributed by atoms with van der Waals surface area (Å²) in [6.07, 6.45) is 0. The molecule has 63 heavy (non-hydrogen) atoms. The van der Waals surface area contributed by atoms with Crippen LogP contribution in [0.1, 0.15) is 0 Å². The van der Waals surface area contributed by atoms with Gasteiger partial charge in [-0.2, -0.15) is 0 Å². The number of nitrogens with zero attached hydrogens (tertiary/aromatic N) is 2. The van der Waals surface area contributed by atoms with Crippen molar-refractivity contribution in [1.29, 1.82) is 0 Å². The summed E-state index contributed by atoms with van der Waals surface area (Å²) in [5.41, 5.74) is 17.8. The van der Waals surface area contributed by atoms with Crippen LogP contribution in [0.15, 0.2) is 247 Å². The molecule has 0 amide bonds. The lowest BCUT2D eigenvalue weighted by atomic mass is 9.95. The first-order valence-electron chi connectivity index (χ1n) is 21.5. The van der Waals surface area contributed by atoms with Gasteiger partial charge in [-0.1, -0.05) is 164 Å². The summed E-state index contributed by atoms with van der Waals surface area (Å²) in [4.78, 5) is 2.35. The summed E-state index contributed by atoms with van der Waals surface area (Å²) >= 11 is 0. The number of furan rings is 1. The second-order valence-corrected chi connectivity index (χ2v) is 16.1. The largest absolute Gasteiger partial charge is 0.455 e. The Kier molecular flexibility index (Phi) is 8.83. The average molecular weight is 805 g/mol. The van der Waals surface area contributed by atoms with E-state index in [-0.39, 0.29) is 0 Å². The van der Waals surface area contributed by atoms with E-state index in [1.165, 1.54) is 49.6 Å². The summed E-state index contributed by atoms with van der Waals surface area (Å²) in [6.45, 7) is 0. The molecular formula is C60H40N2O. The van der Waals surface area contributed by atoms with Crippen LogP contribution in [-0.4, -0.2) is 4.57 Å². The lowest BCUT2D eigenvalue weighted by Crippen LogP contribution is -2.10. The number of aromatic nitrogens is 1. The molecule has 0 aliphatic heterocycles. The number of hydrogen-bond acceptors (Lipinski definition) is 2. The van der Waals surface area contributed by atoms with Gasteiger partial charge in [-0.15, -0.1) is 0 Å². The first kappa shape index (κ1) is 36.5. The molecule has 0 spiro atoms. The number of anilines is 3. The maximum absolute atomic E-state index is 6.60. The Morgan fingerprint density at radius 2 is 0.714 bits per heavy atom. The minimum absolute atomic E-state index is 0.890. The normalized spacial score (nSPS) is 11.5. The molecule has 0 aliphatic carbocycles. The van der Waals surface area contributed by atoms with Crippen LogP contribution in [-0.2, 0) is 0 Å². The van der Waals surface area contributed by atoms with Gasteiger partial charge in [0.15, 0.2) is 0 Å². The topological polar surface area (TPSA) is 21.3 Å². The predicted octanol–water partition coefficient (Wildman–Crippen LogP) is 16.8. The minimum Gasteiger partial charge on any atom is -0.455 e. The maximum Gasteiger partial charge on any atom is 0.143 e. The molecule has 0 atom stereocenters. The van der Waals surface area contributed by atoms with Gasteiger partial charge in [0.1, 0.15) is 11.2 Å². The summed E-state index contributed by atoms with van der Waals surface area (Å²) in [5, 5.41) is 4.74. The molecule has 0 saturated carbocycles. The molecule has 0 radical (unpaired) electrons. The second kappa shape index (κ2) is 15.3. The van der Waals surface area contributed by atoms with Gasteiger partial charge >= 0.3 is 0 Å². The molecular weight excluding hydrogens is 765 g/mol. The quantitative estimate of drug-likeness (QED) is 0.153. The van der Waals surface area contributed by atoms with Crippen LogP contribution >= 0.6 is 0 Å². The zero-order chi connectivity index (χ0) is 41.7. The third-order valence-corrected chi connectivity index (χ3v) is 12.4. The highest BCUT2D eigenvalue weighted by Crippen LogP contribution is 2.42. The fourth-order valence-electron chi connectivity index (χ4n) is 9.32. The Hall–Kier alpha value is -8.40. The molecule has 3 nitrogen and oxygen atoms in total. The van der Waals surface area contributed by atoms with Crippen molar-refractivity contribution < 1.29 is 4.42 Å². The lowest BCUT2D eigenvalue weighted by Gasteiger charge is -2.26. The van der Waals surface area contributed by atoms with Crippen molar-refractivity contribution in [1.82, 2.24) is 4.57 Å². The van der Waals surface area contributed by atoms with Crippen LogP contribution in [0.2, 0.25) is 0 Å². The Morgan fingerprint density at radius 3 is 1.27 bits per heavy atom. The van der Waals surface area contributed by atoms with Crippen LogP contribution < -0.4 is 4.90 Å². The highest BCUT2D eigenvalue weighted by Gasteiger charge is 2.19. The molecule has 0 saturated heterocycles. The standard InChI is InChI=1S/C60H40N2O/c1-3-13-41(14-4-1)43-23-25-44(26-24-43)45-27-31-48(32-28-45)61(50-35-37-51(38-36-50)62-57-20-10-7-17-52(57)53-18-8-11-21-58(53)62)49-33-29-46(30-34-49)55-39-47(42-15-5-2-6-16-42)40-56-54-19-9-12-22-59(54)63-60(55)56/h1-40H. The lowest BCUT2D eigenvalue weighted by molar-refractivity contribution is 0.670. The molecule has 3 heteroatoms. The molecule has 10 aromatic carbocycles. The van der Waals surface area contributed by atoms with Gasteiger partial charge in [0.25, 0.3) is 0 Å². The number of para-hydroxylation sites is 3. The maximum atomic E-state index is 6.60. The van der Waals surface area contributed by atoms with Gasteiger partial charge < -0.3 is 13.9 Å². The Balaban J connectivity index is 0.955. The first-order valence-corrected chi connectivity index (χ1v) is 21.5. The molecule has 0 unspecified atom stereocenters. The van der Waals surface area contributed by atoms with Crippen LogP contribution in [0.3, 0.4) is 0 Å². The third kappa shape index (κ3) is 6.46. The molecule has 0 N–H and O–H groups in total. The Labute approximate surface area is 366 Å². The van der Waals surface area contributed by atoms with Crippen LogP contribution in [0, 0.1) is 0 Å². The molecule has 2 heterocycles.